The number of hydrazone groups is 1. The predicted octanol–water partition coefficient (Wildman–Crippen LogP) is 3.47. The molecule has 0 saturated carbocycles. The molecule has 1 aromatic heterocycles. The maximum Gasteiger partial charge on any atom is 0.341 e. The van der Waals surface area contributed by atoms with Gasteiger partial charge in [0.05, 0.1) is 24.6 Å². The minimum Gasteiger partial charge on any atom is -0.496 e. The van der Waals surface area contributed by atoms with E-state index in [1.54, 1.807) is 37.4 Å². The molecule has 166 valence electrons. The number of para-hydroxylation sites is 1. The number of hydrogen-bond donors (Lipinski definition) is 3. The van der Waals surface area contributed by atoms with Gasteiger partial charge in [0, 0.05) is 5.56 Å². The smallest absolute Gasteiger partial charge is 0.341 e. The largest absolute Gasteiger partial charge is 0.496 e. The number of amides is 1. The summed E-state index contributed by atoms with van der Waals surface area (Å²) in [6, 6.07) is 20.0. The summed E-state index contributed by atoms with van der Waals surface area (Å²) in [6.45, 7) is -0.480. The van der Waals surface area contributed by atoms with Crippen LogP contribution in [0.4, 0.5) is 0 Å². The van der Waals surface area contributed by atoms with Crippen LogP contribution in [0.25, 0.3) is 22.0 Å². The molecule has 0 aliphatic carbocycles. The van der Waals surface area contributed by atoms with Crippen molar-refractivity contribution in [2.45, 2.75) is 0 Å². The van der Waals surface area contributed by atoms with Gasteiger partial charge in [0.15, 0.2) is 6.61 Å². The number of H-pyrrole nitrogens is 1. The summed E-state index contributed by atoms with van der Waals surface area (Å²) in [5.41, 5.74) is 4.50. The van der Waals surface area contributed by atoms with Gasteiger partial charge in [-0.25, -0.2) is 10.2 Å². The minimum absolute atomic E-state index is 0.215. The number of aliphatic carboxylic acids is 1. The quantitative estimate of drug-likeness (QED) is 0.282. The van der Waals surface area contributed by atoms with Gasteiger partial charge in [0.1, 0.15) is 17.2 Å². The van der Waals surface area contributed by atoms with Crippen LogP contribution in [-0.2, 0) is 4.79 Å². The van der Waals surface area contributed by atoms with Crippen LogP contribution in [0.5, 0.6) is 11.5 Å². The third-order valence-corrected chi connectivity index (χ3v) is 4.83. The Morgan fingerprint density at radius 1 is 1.09 bits per heavy atom. The second-order valence-corrected chi connectivity index (χ2v) is 6.95. The number of aromatic nitrogens is 2. The van der Waals surface area contributed by atoms with Crippen molar-refractivity contribution >= 4 is 28.9 Å². The first kappa shape index (κ1) is 21.6. The van der Waals surface area contributed by atoms with Gasteiger partial charge in [0.25, 0.3) is 5.91 Å². The zero-order valence-electron chi connectivity index (χ0n) is 17.6. The Kier molecular flexibility index (Phi) is 6.31. The highest BCUT2D eigenvalue weighted by atomic mass is 16.5. The maximum atomic E-state index is 12.6. The number of methoxy groups -OCH3 is 1. The first-order valence-corrected chi connectivity index (χ1v) is 9.95. The summed E-state index contributed by atoms with van der Waals surface area (Å²) in [5.74, 6) is -0.603. The molecule has 0 fully saturated rings. The molecule has 0 aliphatic heterocycles. The Morgan fingerprint density at radius 2 is 1.88 bits per heavy atom. The van der Waals surface area contributed by atoms with E-state index in [0.717, 1.165) is 16.3 Å². The van der Waals surface area contributed by atoms with Crippen LogP contribution in [0.2, 0.25) is 0 Å². The Hall–Kier alpha value is -4.66. The van der Waals surface area contributed by atoms with E-state index in [1.165, 1.54) is 6.21 Å². The number of carboxylic acid groups (broad SMARTS) is 1. The van der Waals surface area contributed by atoms with Gasteiger partial charge in [-0.1, -0.05) is 42.5 Å². The minimum atomic E-state index is -1.09. The number of nitrogens with zero attached hydrogens (tertiary/aromatic N) is 2. The van der Waals surface area contributed by atoms with Gasteiger partial charge in [-0.05, 0) is 35.0 Å². The van der Waals surface area contributed by atoms with Crippen molar-refractivity contribution in [1.82, 2.24) is 15.6 Å². The Balaban J connectivity index is 1.52. The molecule has 9 heteroatoms. The highest BCUT2D eigenvalue weighted by molar-refractivity contribution is 6.00. The molecule has 33 heavy (non-hydrogen) atoms. The molecule has 4 rings (SSSR count). The third kappa shape index (κ3) is 4.82. The van der Waals surface area contributed by atoms with Crippen LogP contribution < -0.4 is 14.9 Å². The van der Waals surface area contributed by atoms with E-state index >= 15 is 0 Å². The molecule has 0 atom stereocenters. The Labute approximate surface area is 188 Å². The molecule has 0 radical (unpaired) electrons. The average Bonchev–Trinajstić information content (AvgIpc) is 3.32. The van der Waals surface area contributed by atoms with Gasteiger partial charge in [0.2, 0.25) is 0 Å². The number of carboxylic acids is 1. The van der Waals surface area contributed by atoms with Crippen molar-refractivity contribution in [3.63, 3.8) is 0 Å². The number of hydrogen-bond acceptors (Lipinski definition) is 6. The summed E-state index contributed by atoms with van der Waals surface area (Å²) >= 11 is 0. The molecule has 3 aromatic carbocycles. The average molecular weight is 444 g/mol. The zero-order valence-corrected chi connectivity index (χ0v) is 17.6. The van der Waals surface area contributed by atoms with Crippen LogP contribution in [0.15, 0.2) is 71.8 Å². The Bertz CT molecular complexity index is 1350. The summed E-state index contributed by atoms with van der Waals surface area (Å²) in [6.07, 6.45) is 1.38. The van der Waals surface area contributed by atoms with E-state index in [9.17, 15) is 9.59 Å². The highest BCUT2D eigenvalue weighted by Crippen LogP contribution is 2.36. The van der Waals surface area contributed by atoms with Gasteiger partial charge >= 0.3 is 5.97 Å². The zero-order chi connectivity index (χ0) is 23.2. The van der Waals surface area contributed by atoms with Crippen LogP contribution in [-0.4, -0.2) is 47.1 Å². The fourth-order valence-corrected chi connectivity index (χ4v) is 3.33. The van der Waals surface area contributed by atoms with Gasteiger partial charge < -0.3 is 14.6 Å². The third-order valence-electron chi connectivity index (χ3n) is 4.83. The highest BCUT2D eigenvalue weighted by Gasteiger charge is 2.16. The fraction of sp³-hybridized carbons (Fsp3) is 0.0833. The lowest BCUT2D eigenvalue weighted by Gasteiger charge is -2.09. The first-order chi connectivity index (χ1) is 16.1. The van der Waals surface area contributed by atoms with Crippen molar-refractivity contribution in [3.05, 3.63) is 78.0 Å². The number of benzene rings is 3. The summed E-state index contributed by atoms with van der Waals surface area (Å²) in [4.78, 5) is 23.3. The van der Waals surface area contributed by atoms with Crippen molar-refractivity contribution in [2.75, 3.05) is 13.7 Å². The van der Waals surface area contributed by atoms with Crippen LogP contribution in [0.3, 0.4) is 0 Å². The van der Waals surface area contributed by atoms with E-state index < -0.39 is 18.5 Å². The molecule has 0 saturated heterocycles. The maximum absolute atomic E-state index is 12.6. The van der Waals surface area contributed by atoms with Gasteiger partial charge in [-0.15, -0.1) is 0 Å². The number of fused-ring (bicyclic) bond motifs is 1. The predicted molar refractivity (Wildman–Crippen MR) is 123 cm³/mol. The van der Waals surface area contributed by atoms with Crippen LogP contribution >= 0.6 is 0 Å². The van der Waals surface area contributed by atoms with E-state index in [-0.39, 0.29) is 5.69 Å². The molecule has 3 N–H and O–H groups in total. The molecule has 0 unspecified atom stereocenters. The molecule has 0 spiro atoms. The molecule has 0 bridgehead atoms. The van der Waals surface area contributed by atoms with Crippen LogP contribution in [0.1, 0.15) is 16.1 Å². The lowest BCUT2D eigenvalue weighted by atomic mass is 10.0. The van der Waals surface area contributed by atoms with Crippen LogP contribution in [0, 0.1) is 0 Å². The Morgan fingerprint density at radius 3 is 2.70 bits per heavy atom. The van der Waals surface area contributed by atoms with Crippen molar-refractivity contribution in [2.24, 2.45) is 5.10 Å². The molecule has 1 amide bonds. The fourth-order valence-electron chi connectivity index (χ4n) is 3.33. The molecule has 1 heterocycles. The molecule has 4 aromatic rings. The van der Waals surface area contributed by atoms with E-state index in [0.29, 0.717) is 22.8 Å². The standard InChI is InChI=1S/C24H20N4O5/c1-32-21-11-10-15-6-2-4-8-17(15)23(21)18-12-19(27-26-18)24(31)28-25-13-16-7-3-5-9-20(16)33-14-22(29)30/h2-13H,14H2,1H3,(H,26,27)(H,28,31)(H,29,30)/b25-13-. The summed E-state index contributed by atoms with van der Waals surface area (Å²) < 4.78 is 10.7. The second-order valence-electron chi connectivity index (χ2n) is 6.95. The number of carbonyl (C=O) groups excluding carboxylic acids is 1. The van der Waals surface area contributed by atoms with E-state index in [1.807, 2.05) is 36.4 Å². The molecule has 9 nitrogen and oxygen atoms in total. The SMILES string of the molecule is COc1ccc2ccccc2c1-c1cc(C(=O)N/N=C\c2ccccc2OCC(=O)O)[nH]n1. The number of ether oxygens (including phenoxy) is 2. The molecular weight excluding hydrogens is 424 g/mol. The number of nitrogens with one attached hydrogen (secondary N) is 2. The first-order valence-electron chi connectivity index (χ1n) is 9.95. The second kappa shape index (κ2) is 9.65. The monoisotopic (exact) mass is 444 g/mol. The lowest BCUT2D eigenvalue weighted by molar-refractivity contribution is -0.139. The van der Waals surface area contributed by atoms with Gasteiger partial charge in [-0.3, -0.25) is 9.89 Å². The van der Waals surface area contributed by atoms with E-state index in [4.69, 9.17) is 14.6 Å². The topological polar surface area (TPSA) is 126 Å². The van der Waals surface area contributed by atoms with E-state index in [2.05, 4.69) is 20.7 Å². The number of rotatable bonds is 8. The molecular formula is C24H20N4O5. The van der Waals surface area contributed by atoms with Crippen molar-refractivity contribution in [1.29, 1.82) is 0 Å². The number of aromatic amines is 1. The van der Waals surface area contributed by atoms with Gasteiger partial charge in [-0.2, -0.15) is 10.2 Å². The summed E-state index contributed by atoms with van der Waals surface area (Å²) in [7, 11) is 1.58. The summed E-state index contributed by atoms with van der Waals surface area (Å²) in [5, 5.41) is 21.7. The molecule has 0 aliphatic rings. The lowest BCUT2D eigenvalue weighted by Crippen LogP contribution is -2.18. The number of carbonyl (C=O) groups is 2. The normalized spacial score (nSPS) is 10.9. The van der Waals surface area contributed by atoms with Crippen molar-refractivity contribution in [3.8, 4) is 22.8 Å². The van der Waals surface area contributed by atoms with Crippen molar-refractivity contribution < 1.29 is 24.2 Å².